The normalized spacial score (nSPS) is 14.6. The number of amides is 1. The minimum absolute atomic E-state index is 0.131. The standard InChI is InChI=1S/C17H15FN6OS/c1-9(11-6-12(18)8-19-7-11)20-17-22-13(16(25)24-4-3-5-24)14-15(23-17)21-10(2)26-14/h6-8H,3-5H2,1-2H3/b20-9+. The van der Waals surface area contributed by atoms with Gasteiger partial charge in [-0.15, -0.1) is 11.3 Å². The maximum absolute atomic E-state index is 13.4. The van der Waals surface area contributed by atoms with Crippen LogP contribution < -0.4 is 0 Å². The molecular weight excluding hydrogens is 355 g/mol. The van der Waals surface area contributed by atoms with Crippen LogP contribution in [0.15, 0.2) is 23.5 Å². The Balaban J connectivity index is 1.80. The van der Waals surface area contributed by atoms with Crippen LogP contribution in [0.4, 0.5) is 10.3 Å². The molecule has 132 valence electrons. The minimum atomic E-state index is -0.447. The molecule has 3 aromatic heterocycles. The van der Waals surface area contributed by atoms with Gasteiger partial charge in [-0.25, -0.2) is 19.4 Å². The summed E-state index contributed by atoms with van der Waals surface area (Å²) >= 11 is 1.39. The van der Waals surface area contributed by atoms with Gasteiger partial charge in [0, 0.05) is 24.8 Å². The zero-order valence-corrected chi connectivity index (χ0v) is 15.0. The molecular formula is C17H15FN6OS. The predicted molar refractivity (Wildman–Crippen MR) is 96.5 cm³/mol. The molecule has 0 spiro atoms. The van der Waals surface area contributed by atoms with Crippen molar-refractivity contribution in [3.05, 3.63) is 40.5 Å². The van der Waals surface area contributed by atoms with E-state index in [0.717, 1.165) is 30.7 Å². The Bertz CT molecular complexity index is 1040. The average Bonchev–Trinajstić information content (AvgIpc) is 2.92. The highest BCUT2D eigenvalue weighted by atomic mass is 32.1. The maximum atomic E-state index is 13.4. The second kappa shape index (κ2) is 6.49. The van der Waals surface area contributed by atoms with Gasteiger partial charge in [-0.05, 0) is 26.3 Å². The number of nitrogens with zero attached hydrogens (tertiary/aromatic N) is 6. The molecule has 0 radical (unpaired) electrons. The molecule has 0 bridgehead atoms. The first-order chi connectivity index (χ1) is 12.5. The molecule has 3 aromatic rings. The Morgan fingerprint density at radius 2 is 2.08 bits per heavy atom. The van der Waals surface area contributed by atoms with Gasteiger partial charge in [-0.1, -0.05) is 0 Å². The number of pyridine rings is 1. The topological polar surface area (TPSA) is 84.2 Å². The Morgan fingerprint density at radius 3 is 2.77 bits per heavy atom. The van der Waals surface area contributed by atoms with Gasteiger partial charge in [0.15, 0.2) is 11.3 Å². The van der Waals surface area contributed by atoms with E-state index in [2.05, 4.69) is 24.9 Å². The fourth-order valence-corrected chi connectivity index (χ4v) is 3.44. The van der Waals surface area contributed by atoms with Gasteiger partial charge in [0.2, 0.25) is 0 Å². The first-order valence-electron chi connectivity index (χ1n) is 8.12. The number of thiazole rings is 1. The van der Waals surface area contributed by atoms with E-state index in [0.29, 0.717) is 27.3 Å². The van der Waals surface area contributed by atoms with E-state index in [1.165, 1.54) is 23.6 Å². The molecule has 1 amide bonds. The van der Waals surface area contributed by atoms with Crippen LogP contribution in [0.5, 0.6) is 0 Å². The lowest BCUT2D eigenvalue weighted by Gasteiger charge is -2.30. The first-order valence-corrected chi connectivity index (χ1v) is 8.93. The zero-order chi connectivity index (χ0) is 18.3. The average molecular weight is 370 g/mol. The second-order valence-corrected chi connectivity index (χ2v) is 7.20. The predicted octanol–water partition coefficient (Wildman–Crippen LogP) is 2.92. The van der Waals surface area contributed by atoms with E-state index < -0.39 is 5.82 Å². The van der Waals surface area contributed by atoms with Gasteiger partial charge >= 0.3 is 0 Å². The van der Waals surface area contributed by atoms with Crippen molar-refractivity contribution in [1.29, 1.82) is 0 Å². The number of hydrogen-bond acceptors (Lipinski definition) is 7. The lowest BCUT2D eigenvalue weighted by molar-refractivity contribution is 0.0648. The van der Waals surface area contributed by atoms with Crippen LogP contribution in [0.1, 0.15) is 34.4 Å². The van der Waals surface area contributed by atoms with Crippen LogP contribution in [-0.2, 0) is 0 Å². The summed E-state index contributed by atoms with van der Waals surface area (Å²) in [5.74, 6) is -0.445. The third-order valence-electron chi connectivity index (χ3n) is 4.09. The van der Waals surface area contributed by atoms with Gasteiger partial charge in [0.1, 0.15) is 10.5 Å². The SMILES string of the molecule is C/C(=N\c1nc(C(=O)N2CCC2)c2sc(C)nc2n1)c1cncc(F)c1. The quantitative estimate of drug-likeness (QED) is 0.662. The Morgan fingerprint density at radius 1 is 1.27 bits per heavy atom. The fraction of sp³-hybridized carbons (Fsp3) is 0.294. The van der Waals surface area contributed by atoms with Crippen LogP contribution >= 0.6 is 11.3 Å². The van der Waals surface area contributed by atoms with Crippen LogP contribution in [0.3, 0.4) is 0 Å². The summed E-state index contributed by atoms with van der Waals surface area (Å²) < 4.78 is 14.0. The highest BCUT2D eigenvalue weighted by molar-refractivity contribution is 7.18. The number of halogens is 1. The molecule has 9 heteroatoms. The number of aliphatic imine (C=N–C) groups is 1. The Kier molecular flexibility index (Phi) is 4.15. The molecule has 7 nitrogen and oxygen atoms in total. The highest BCUT2D eigenvalue weighted by Gasteiger charge is 2.26. The lowest BCUT2D eigenvalue weighted by atomic mass is 10.2. The van der Waals surface area contributed by atoms with Crippen molar-refractivity contribution in [1.82, 2.24) is 24.8 Å². The molecule has 0 unspecified atom stereocenters. The van der Waals surface area contributed by atoms with E-state index in [9.17, 15) is 9.18 Å². The molecule has 0 atom stereocenters. The van der Waals surface area contributed by atoms with Gasteiger partial charge in [0.25, 0.3) is 11.9 Å². The summed E-state index contributed by atoms with van der Waals surface area (Å²) in [6.45, 7) is 5.04. The minimum Gasteiger partial charge on any atom is -0.337 e. The number of rotatable bonds is 3. The molecule has 0 aromatic carbocycles. The zero-order valence-electron chi connectivity index (χ0n) is 14.2. The van der Waals surface area contributed by atoms with Crippen LogP contribution in [0.2, 0.25) is 0 Å². The molecule has 4 heterocycles. The summed E-state index contributed by atoms with van der Waals surface area (Å²) in [6.07, 6.45) is 3.64. The molecule has 1 aliphatic heterocycles. The summed E-state index contributed by atoms with van der Waals surface area (Å²) in [4.78, 5) is 35.7. The van der Waals surface area contributed by atoms with Crippen molar-refractivity contribution in [2.24, 2.45) is 4.99 Å². The number of carbonyl (C=O) groups is 1. The molecule has 0 aliphatic carbocycles. The third kappa shape index (κ3) is 3.05. The monoisotopic (exact) mass is 370 g/mol. The number of likely N-dealkylation sites (tertiary alicyclic amines) is 1. The van der Waals surface area contributed by atoms with Gasteiger partial charge in [-0.2, -0.15) is 4.98 Å². The third-order valence-corrected chi connectivity index (χ3v) is 5.05. The summed E-state index contributed by atoms with van der Waals surface area (Å²) in [5.41, 5.74) is 1.81. The largest absolute Gasteiger partial charge is 0.337 e. The Hall–Kier alpha value is -2.81. The molecule has 26 heavy (non-hydrogen) atoms. The summed E-state index contributed by atoms with van der Waals surface area (Å²) in [6, 6.07) is 1.34. The number of hydrogen-bond donors (Lipinski definition) is 0. The molecule has 0 saturated carbocycles. The van der Waals surface area contributed by atoms with Crippen LogP contribution in [0.25, 0.3) is 10.3 Å². The molecule has 0 N–H and O–H groups in total. The summed E-state index contributed by atoms with van der Waals surface area (Å²) in [7, 11) is 0. The molecule has 1 fully saturated rings. The van der Waals surface area contributed by atoms with Crippen molar-refractivity contribution in [2.45, 2.75) is 20.3 Å². The van der Waals surface area contributed by atoms with Crippen LogP contribution in [-0.4, -0.2) is 49.5 Å². The smallest absolute Gasteiger partial charge is 0.274 e. The highest BCUT2D eigenvalue weighted by Crippen LogP contribution is 2.27. The number of aryl methyl sites for hydroxylation is 1. The van der Waals surface area contributed by atoms with Crippen molar-refractivity contribution in [3.63, 3.8) is 0 Å². The van der Waals surface area contributed by atoms with Crippen molar-refractivity contribution < 1.29 is 9.18 Å². The number of aromatic nitrogens is 4. The van der Waals surface area contributed by atoms with Gasteiger partial charge in [-0.3, -0.25) is 9.78 Å². The Labute approximate surface area is 152 Å². The van der Waals surface area contributed by atoms with Crippen molar-refractivity contribution in [3.8, 4) is 0 Å². The van der Waals surface area contributed by atoms with E-state index in [4.69, 9.17) is 0 Å². The summed E-state index contributed by atoms with van der Waals surface area (Å²) in [5, 5.41) is 0.805. The van der Waals surface area contributed by atoms with E-state index in [1.54, 1.807) is 11.8 Å². The number of fused-ring (bicyclic) bond motifs is 1. The van der Waals surface area contributed by atoms with E-state index >= 15 is 0 Å². The number of carbonyl (C=O) groups excluding carboxylic acids is 1. The van der Waals surface area contributed by atoms with Gasteiger partial charge in [0.05, 0.1) is 16.9 Å². The molecule has 1 saturated heterocycles. The fourth-order valence-electron chi connectivity index (χ4n) is 2.60. The van der Waals surface area contributed by atoms with E-state index in [-0.39, 0.29) is 11.9 Å². The molecule has 4 rings (SSSR count). The maximum Gasteiger partial charge on any atom is 0.274 e. The molecule has 1 aliphatic rings. The second-order valence-electron chi connectivity index (χ2n) is 5.99. The van der Waals surface area contributed by atoms with E-state index in [1.807, 2.05) is 6.92 Å². The lowest BCUT2D eigenvalue weighted by Crippen LogP contribution is -2.42. The first kappa shape index (κ1) is 16.6. The van der Waals surface area contributed by atoms with Crippen LogP contribution in [0, 0.1) is 12.7 Å². The van der Waals surface area contributed by atoms with Crippen molar-refractivity contribution in [2.75, 3.05) is 13.1 Å². The van der Waals surface area contributed by atoms with Crippen molar-refractivity contribution >= 4 is 39.3 Å². The van der Waals surface area contributed by atoms with Gasteiger partial charge < -0.3 is 4.90 Å².